The van der Waals surface area contributed by atoms with Crippen LogP contribution in [0.1, 0.15) is 21.7 Å². The molecule has 0 aliphatic carbocycles. The Balaban J connectivity index is 0.00000225. The van der Waals surface area contributed by atoms with Gasteiger partial charge in [-0.05, 0) is 43.0 Å². The van der Waals surface area contributed by atoms with Crippen LogP contribution in [0.4, 0.5) is 0 Å². The fraction of sp³-hybridized carbons (Fsp3) is 0.350. The first-order chi connectivity index (χ1) is 13.2. The Labute approximate surface area is 170 Å². The molecule has 3 aromatic heterocycles. The summed E-state index contributed by atoms with van der Waals surface area (Å²) in [7, 11) is 0. The van der Waals surface area contributed by atoms with Crippen molar-refractivity contribution in [2.24, 2.45) is 5.92 Å². The van der Waals surface area contributed by atoms with Gasteiger partial charge in [-0.15, -0.1) is 12.4 Å². The standard InChI is InChI=1S/C20H22N6O.ClH/c1-14-10-25-18(12-24-14)20(27)26-8-7-21-11-15(13-26)9-16-4-6-22-17-3-2-5-23-19(16)17;/h2-6,10,12,15,21H,7-9,11,13H2,1H3;1H. The zero-order valence-corrected chi connectivity index (χ0v) is 16.5. The minimum atomic E-state index is -0.0612. The SMILES string of the molecule is Cc1cnc(C(=O)N2CCNCC(Cc3ccnc4cccnc34)C2)cn1.Cl. The molecule has 3 aromatic rings. The minimum absolute atomic E-state index is 0. The zero-order valence-electron chi connectivity index (χ0n) is 15.7. The van der Waals surface area contributed by atoms with Crippen LogP contribution in [-0.4, -0.2) is 56.9 Å². The summed E-state index contributed by atoms with van der Waals surface area (Å²) in [4.78, 5) is 32.0. The highest BCUT2D eigenvalue weighted by molar-refractivity contribution is 5.92. The predicted molar refractivity (Wildman–Crippen MR) is 110 cm³/mol. The van der Waals surface area contributed by atoms with E-state index in [1.165, 1.54) is 0 Å². The van der Waals surface area contributed by atoms with E-state index in [0.717, 1.165) is 41.8 Å². The zero-order chi connectivity index (χ0) is 18.6. The maximum Gasteiger partial charge on any atom is 0.274 e. The van der Waals surface area contributed by atoms with E-state index < -0.39 is 0 Å². The van der Waals surface area contributed by atoms with Crippen LogP contribution in [0.5, 0.6) is 0 Å². The second-order valence-corrected chi connectivity index (χ2v) is 6.91. The molecule has 0 spiro atoms. The molecule has 0 saturated carbocycles. The van der Waals surface area contributed by atoms with E-state index in [9.17, 15) is 4.79 Å². The van der Waals surface area contributed by atoms with Gasteiger partial charge < -0.3 is 10.2 Å². The molecule has 1 fully saturated rings. The van der Waals surface area contributed by atoms with Crippen molar-refractivity contribution in [2.75, 3.05) is 26.2 Å². The molecule has 7 nitrogen and oxygen atoms in total. The van der Waals surface area contributed by atoms with Crippen molar-refractivity contribution in [3.8, 4) is 0 Å². The Bertz CT molecular complexity index is 944. The Morgan fingerprint density at radius 3 is 2.89 bits per heavy atom. The number of fused-ring (bicyclic) bond motifs is 1. The number of pyridine rings is 2. The van der Waals surface area contributed by atoms with E-state index in [-0.39, 0.29) is 18.3 Å². The lowest BCUT2D eigenvalue weighted by Gasteiger charge is -2.24. The summed E-state index contributed by atoms with van der Waals surface area (Å²) in [5.74, 6) is 0.233. The first-order valence-corrected chi connectivity index (χ1v) is 9.18. The average Bonchev–Trinajstić information content (AvgIpc) is 2.94. The van der Waals surface area contributed by atoms with E-state index in [1.54, 1.807) is 18.6 Å². The smallest absolute Gasteiger partial charge is 0.274 e. The van der Waals surface area contributed by atoms with Crippen LogP contribution in [-0.2, 0) is 6.42 Å². The van der Waals surface area contributed by atoms with Gasteiger partial charge in [0.1, 0.15) is 5.69 Å². The summed E-state index contributed by atoms with van der Waals surface area (Å²) in [6, 6.07) is 5.90. The Morgan fingerprint density at radius 1 is 1.18 bits per heavy atom. The van der Waals surface area contributed by atoms with Crippen molar-refractivity contribution in [1.29, 1.82) is 0 Å². The van der Waals surface area contributed by atoms with Gasteiger partial charge in [-0.1, -0.05) is 0 Å². The number of hydrogen-bond donors (Lipinski definition) is 1. The van der Waals surface area contributed by atoms with E-state index in [4.69, 9.17) is 0 Å². The van der Waals surface area contributed by atoms with E-state index in [2.05, 4.69) is 25.3 Å². The molecule has 1 atom stereocenters. The first kappa shape index (κ1) is 20.1. The number of aromatic nitrogens is 4. The minimum Gasteiger partial charge on any atom is -0.336 e. The van der Waals surface area contributed by atoms with Crippen LogP contribution in [0.25, 0.3) is 11.0 Å². The van der Waals surface area contributed by atoms with Gasteiger partial charge >= 0.3 is 0 Å². The molecule has 1 unspecified atom stereocenters. The largest absolute Gasteiger partial charge is 0.336 e. The molecule has 0 aromatic carbocycles. The molecule has 1 amide bonds. The average molecular weight is 399 g/mol. The maximum atomic E-state index is 12.8. The number of nitrogens with zero attached hydrogens (tertiary/aromatic N) is 5. The maximum absolute atomic E-state index is 12.8. The molecular weight excluding hydrogens is 376 g/mol. The van der Waals surface area contributed by atoms with E-state index in [0.29, 0.717) is 24.7 Å². The third-order valence-electron chi connectivity index (χ3n) is 4.85. The lowest BCUT2D eigenvalue weighted by molar-refractivity contribution is 0.0741. The van der Waals surface area contributed by atoms with Gasteiger partial charge in [0.25, 0.3) is 5.91 Å². The normalized spacial score (nSPS) is 17.0. The first-order valence-electron chi connectivity index (χ1n) is 9.18. The van der Waals surface area contributed by atoms with Crippen molar-refractivity contribution in [1.82, 2.24) is 30.2 Å². The number of halogens is 1. The number of carbonyl (C=O) groups is 1. The van der Waals surface area contributed by atoms with Crippen molar-refractivity contribution >= 4 is 29.3 Å². The molecule has 4 heterocycles. The van der Waals surface area contributed by atoms with Crippen LogP contribution < -0.4 is 5.32 Å². The highest BCUT2D eigenvalue weighted by atomic mass is 35.5. The number of hydrogen-bond acceptors (Lipinski definition) is 6. The van der Waals surface area contributed by atoms with E-state index in [1.807, 2.05) is 36.2 Å². The molecule has 1 aliphatic heterocycles. The summed E-state index contributed by atoms with van der Waals surface area (Å²) in [5.41, 5.74) is 4.21. The van der Waals surface area contributed by atoms with Gasteiger partial charge in [0.05, 0.1) is 22.9 Å². The number of rotatable bonds is 3. The number of aryl methyl sites for hydroxylation is 1. The summed E-state index contributed by atoms with van der Waals surface area (Å²) in [5, 5.41) is 3.45. The molecular formula is C20H23ClN6O. The van der Waals surface area contributed by atoms with Crippen LogP contribution in [0.3, 0.4) is 0 Å². The summed E-state index contributed by atoms with van der Waals surface area (Å²) in [6.45, 7) is 4.84. The van der Waals surface area contributed by atoms with Crippen LogP contribution >= 0.6 is 12.4 Å². The van der Waals surface area contributed by atoms with Crippen LogP contribution in [0.15, 0.2) is 43.0 Å². The molecule has 1 aliphatic rings. The topological polar surface area (TPSA) is 83.9 Å². The molecule has 1 saturated heterocycles. The van der Waals surface area contributed by atoms with Crippen molar-refractivity contribution in [3.63, 3.8) is 0 Å². The third-order valence-corrected chi connectivity index (χ3v) is 4.85. The van der Waals surface area contributed by atoms with Crippen molar-refractivity contribution in [2.45, 2.75) is 13.3 Å². The van der Waals surface area contributed by atoms with Crippen molar-refractivity contribution < 1.29 is 4.79 Å². The second kappa shape index (κ2) is 9.03. The third kappa shape index (κ3) is 4.43. The van der Waals surface area contributed by atoms with Crippen LogP contribution in [0.2, 0.25) is 0 Å². The van der Waals surface area contributed by atoms with Gasteiger partial charge in [0.2, 0.25) is 0 Å². The summed E-state index contributed by atoms with van der Waals surface area (Å²) < 4.78 is 0. The van der Waals surface area contributed by atoms with Gasteiger partial charge in [-0.3, -0.25) is 19.7 Å². The summed E-state index contributed by atoms with van der Waals surface area (Å²) >= 11 is 0. The molecule has 28 heavy (non-hydrogen) atoms. The van der Waals surface area contributed by atoms with Crippen molar-refractivity contribution in [3.05, 3.63) is 59.9 Å². The highest BCUT2D eigenvalue weighted by Crippen LogP contribution is 2.19. The lowest BCUT2D eigenvalue weighted by atomic mass is 9.98. The number of amides is 1. The fourth-order valence-electron chi connectivity index (χ4n) is 3.48. The van der Waals surface area contributed by atoms with Gasteiger partial charge in [0, 0.05) is 44.8 Å². The Morgan fingerprint density at radius 2 is 2.07 bits per heavy atom. The number of carbonyl (C=O) groups excluding carboxylic acids is 1. The summed E-state index contributed by atoms with van der Waals surface area (Å²) in [6.07, 6.45) is 7.66. The second-order valence-electron chi connectivity index (χ2n) is 6.91. The fourth-order valence-corrected chi connectivity index (χ4v) is 3.48. The van der Waals surface area contributed by atoms with Gasteiger partial charge in [-0.2, -0.15) is 0 Å². The van der Waals surface area contributed by atoms with Gasteiger partial charge in [0.15, 0.2) is 0 Å². The van der Waals surface area contributed by atoms with E-state index >= 15 is 0 Å². The molecule has 146 valence electrons. The quantitative estimate of drug-likeness (QED) is 0.727. The Kier molecular flexibility index (Phi) is 6.49. The molecule has 8 heteroatoms. The Hall–Kier alpha value is -2.64. The molecule has 1 N–H and O–H groups in total. The van der Waals surface area contributed by atoms with Crippen LogP contribution in [0, 0.1) is 12.8 Å². The lowest BCUT2D eigenvalue weighted by Crippen LogP contribution is -2.37. The molecule has 0 bridgehead atoms. The number of nitrogens with one attached hydrogen (secondary N) is 1. The molecule has 0 radical (unpaired) electrons. The van der Waals surface area contributed by atoms with Gasteiger partial charge in [-0.25, -0.2) is 4.98 Å². The predicted octanol–water partition coefficient (Wildman–Crippen LogP) is 2.05. The highest BCUT2D eigenvalue weighted by Gasteiger charge is 2.24. The monoisotopic (exact) mass is 398 g/mol. The molecule has 4 rings (SSSR count).